The zero-order valence-corrected chi connectivity index (χ0v) is 11.0. The maximum absolute atomic E-state index is 11.8. The molecule has 0 amide bonds. The van der Waals surface area contributed by atoms with E-state index in [4.69, 9.17) is 4.74 Å². The number of methoxy groups -OCH3 is 1. The lowest BCUT2D eigenvalue weighted by Gasteiger charge is -1.99. The minimum Gasteiger partial charge on any atom is -0.497 e. The molecule has 0 saturated heterocycles. The number of pyridine rings is 1. The second kappa shape index (κ2) is 5.62. The Labute approximate surface area is 111 Å². The Morgan fingerprint density at radius 1 is 1.16 bits per heavy atom. The third-order valence-electron chi connectivity index (χ3n) is 2.36. The van der Waals surface area contributed by atoms with Crippen LogP contribution in [0.5, 0.6) is 5.75 Å². The SMILES string of the molecule is COc1ccc(C=NS(=O)(=O)c2ccccn2)cc1. The van der Waals surface area contributed by atoms with Gasteiger partial charge in [-0.05, 0) is 42.0 Å². The summed E-state index contributed by atoms with van der Waals surface area (Å²) in [5.74, 6) is 0.699. The molecule has 0 aliphatic carbocycles. The van der Waals surface area contributed by atoms with Crippen LogP contribution in [0.1, 0.15) is 5.56 Å². The lowest BCUT2D eigenvalue weighted by Crippen LogP contribution is -2.00. The van der Waals surface area contributed by atoms with E-state index in [2.05, 4.69) is 9.38 Å². The van der Waals surface area contributed by atoms with Crippen molar-refractivity contribution in [3.63, 3.8) is 0 Å². The molecule has 0 saturated carbocycles. The Bertz CT molecular complexity index is 665. The Kier molecular flexibility index (Phi) is 3.91. The molecule has 0 spiro atoms. The van der Waals surface area contributed by atoms with Gasteiger partial charge in [0.15, 0.2) is 5.03 Å². The first kappa shape index (κ1) is 13.2. The largest absolute Gasteiger partial charge is 0.497 e. The molecular formula is C13H12N2O3S. The molecule has 2 rings (SSSR count). The zero-order valence-electron chi connectivity index (χ0n) is 10.2. The van der Waals surface area contributed by atoms with E-state index < -0.39 is 10.0 Å². The molecule has 0 fully saturated rings. The van der Waals surface area contributed by atoms with E-state index in [1.54, 1.807) is 43.5 Å². The highest BCUT2D eigenvalue weighted by molar-refractivity contribution is 7.90. The second-order valence-corrected chi connectivity index (χ2v) is 5.23. The third kappa shape index (κ3) is 3.38. The fourth-order valence-electron chi connectivity index (χ4n) is 1.37. The molecule has 19 heavy (non-hydrogen) atoms. The van der Waals surface area contributed by atoms with Gasteiger partial charge in [0.2, 0.25) is 0 Å². The van der Waals surface area contributed by atoms with Crippen LogP contribution in [0.4, 0.5) is 0 Å². The highest BCUT2D eigenvalue weighted by Crippen LogP contribution is 2.11. The summed E-state index contributed by atoms with van der Waals surface area (Å²) in [7, 11) is -2.18. The molecule has 0 atom stereocenters. The van der Waals surface area contributed by atoms with Gasteiger partial charge >= 0.3 is 0 Å². The van der Waals surface area contributed by atoms with Gasteiger partial charge in [0.05, 0.1) is 7.11 Å². The van der Waals surface area contributed by atoms with E-state index in [0.29, 0.717) is 11.3 Å². The molecule has 0 aliphatic rings. The first-order valence-corrected chi connectivity index (χ1v) is 6.91. The summed E-state index contributed by atoms with van der Waals surface area (Å²) in [4.78, 5) is 3.77. The minimum absolute atomic E-state index is 0.0697. The number of nitrogens with zero attached hydrogens (tertiary/aromatic N) is 2. The molecule has 6 heteroatoms. The number of hydrogen-bond acceptors (Lipinski definition) is 4. The molecule has 0 bridgehead atoms. The summed E-state index contributed by atoms with van der Waals surface area (Å²) in [6.45, 7) is 0. The fourth-order valence-corrected chi connectivity index (χ4v) is 2.19. The summed E-state index contributed by atoms with van der Waals surface area (Å²) in [6.07, 6.45) is 2.69. The van der Waals surface area contributed by atoms with E-state index in [1.165, 1.54) is 18.5 Å². The Balaban J connectivity index is 2.22. The van der Waals surface area contributed by atoms with Crippen LogP contribution in [-0.4, -0.2) is 26.7 Å². The van der Waals surface area contributed by atoms with E-state index in [0.717, 1.165) is 0 Å². The second-order valence-electron chi connectivity index (χ2n) is 3.65. The van der Waals surface area contributed by atoms with E-state index in [-0.39, 0.29) is 5.03 Å². The van der Waals surface area contributed by atoms with Gasteiger partial charge in [-0.15, -0.1) is 0 Å². The Morgan fingerprint density at radius 3 is 2.47 bits per heavy atom. The van der Waals surface area contributed by atoms with Crippen molar-refractivity contribution < 1.29 is 13.2 Å². The summed E-state index contributed by atoms with van der Waals surface area (Å²) in [5, 5.41) is -0.0697. The number of hydrogen-bond donors (Lipinski definition) is 0. The molecule has 1 aromatic heterocycles. The Morgan fingerprint density at radius 2 is 1.89 bits per heavy atom. The molecule has 1 aromatic carbocycles. The molecule has 2 aromatic rings. The standard InChI is InChI=1S/C13H12N2O3S/c1-18-12-7-5-11(6-8-12)10-15-19(16,17)13-4-2-3-9-14-13/h2-10H,1H3. The van der Waals surface area contributed by atoms with Crippen molar-refractivity contribution in [2.45, 2.75) is 5.03 Å². The van der Waals surface area contributed by atoms with Crippen molar-refractivity contribution in [1.82, 2.24) is 4.98 Å². The van der Waals surface area contributed by atoms with Gasteiger partial charge in [-0.3, -0.25) is 0 Å². The summed E-state index contributed by atoms with van der Waals surface area (Å²) >= 11 is 0. The number of benzene rings is 1. The van der Waals surface area contributed by atoms with Gasteiger partial charge in [0, 0.05) is 12.4 Å². The highest BCUT2D eigenvalue weighted by Gasteiger charge is 2.11. The van der Waals surface area contributed by atoms with Crippen LogP contribution in [0, 0.1) is 0 Å². The number of ether oxygens (including phenoxy) is 1. The van der Waals surface area contributed by atoms with Crippen LogP contribution in [-0.2, 0) is 10.0 Å². The summed E-state index contributed by atoms with van der Waals surface area (Å²) in [6, 6.07) is 11.5. The van der Waals surface area contributed by atoms with E-state index >= 15 is 0 Å². The Hall–Kier alpha value is -2.21. The van der Waals surface area contributed by atoms with Crippen LogP contribution < -0.4 is 4.74 Å². The van der Waals surface area contributed by atoms with Crippen molar-refractivity contribution >= 4 is 16.2 Å². The van der Waals surface area contributed by atoms with Crippen molar-refractivity contribution in [3.8, 4) is 5.75 Å². The zero-order chi connectivity index (χ0) is 13.7. The first-order valence-electron chi connectivity index (χ1n) is 5.47. The van der Waals surface area contributed by atoms with Gasteiger partial charge in [-0.1, -0.05) is 6.07 Å². The van der Waals surface area contributed by atoms with Crippen molar-refractivity contribution in [2.75, 3.05) is 7.11 Å². The summed E-state index contributed by atoms with van der Waals surface area (Å²) < 4.78 is 32.3. The third-order valence-corrected chi connectivity index (χ3v) is 3.51. The maximum atomic E-state index is 11.8. The predicted octanol–water partition coefficient (Wildman–Crippen LogP) is 1.90. The lowest BCUT2D eigenvalue weighted by molar-refractivity contribution is 0.415. The van der Waals surface area contributed by atoms with Crippen molar-refractivity contribution in [3.05, 3.63) is 54.2 Å². The van der Waals surface area contributed by atoms with Crippen LogP contribution >= 0.6 is 0 Å². The van der Waals surface area contributed by atoms with Crippen LogP contribution in [0.15, 0.2) is 58.1 Å². The normalized spacial score (nSPS) is 11.6. The van der Waals surface area contributed by atoms with E-state index in [9.17, 15) is 8.42 Å². The maximum Gasteiger partial charge on any atom is 0.299 e. The highest BCUT2D eigenvalue weighted by atomic mass is 32.2. The van der Waals surface area contributed by atoms with Gasteiger partial charge in [-0.2, -0.15) is 12.8 Å². The molecule has 0 N–H and O–H groups in total. The quantitative estimate of drug-likeness (QED) is 0.800. The molecule has 0 radical (unpaired) electrons. The van der Waals surface area contributed by atoms with Gasteiger partial charge in [0.25, 0.3) is 10.0 Å². The topological polar surface area (TPSA) is 68.6 Å². The molecule has 5 nitrogen and oxygen atoms in total. The molecule has 0 unspecified atom stereocenters. The smallest absolute Gasteiger partial charge is 0.299 e. The van der Waals surface area contributed by atoms with Gasteiger partial charge < -0.3 is 4.74 Å². The average Bonchev–Trinajstić information content (AvgIpc) is 2.47. The van der Waals surface area contributed by atoms with Gasteiger partial charge in [-0.25, -0.2) is 4.98 Å². The monoisotopic (exact) mass is 276 g/mol. The average molecular weight is 276 g/mol. The van der Waals surface area contributed by atoms with Crippen LogP contribution in [0.3, 0.4) is 0 Å². The van der Waals surface area contributed by atoms with E-state index in [1.807, 2.05) is 0 Å². The number of sulfonamides is 1. The van der Waals surface area contributed by atoms with Crippen LogP contribution in [0.2, 0.25) is 0 Å². The number of aromatic nitrogens is 1. The predicted molar refractivity (Wildman–Crippen MR) is 72.0 cm³/mol. The summed E-state index contributed by atoms with van der Waals surface area (Å²) in [5.41, 5.74) is 0.667. The minimum atomic E-state index is -3.75. The lowest BCUT2D eigenvalue weighted by atomic mass is 10.2. The number of rotatable bonds is 4. The molecular weight excluding hydrogens is 264 g/mol. The van der Waals surface area contributed by atoms with Crippen molar-refractivity contribution in [2.24, 2.45) is 4.40 Å². The van der Waals surface area contributed by atoms with Crippen LogP contribution in [0.25, 0.3) is 0 Å². The van der Waals surface area contributed by atoms with Crippen molar-refractivity contribution in [1.29, 1.82) is 0 Å². The molecule has 98 valence electrons. The fraction of sp³-hybridized carbons (Fsp3) is 0.0769. The van der Waals surface area contributed by atoms with Gasteiger partial charge in [0.1, 0.15) is 5.75 Å². The molecule has 0 aliphatic heterocycles. The molecule has 1 heterocycles. The first-order chi connectivity index (χ1) is 9.12.